The van der Waals surface area contributed by atoms with Crippen molar-refractivity contribution < 1.29 is 19.4 Å². The minimum absolute atomic E-state index is 0.0176. The Bertz CT molecular complexity index is 425. The number of aliphatic hydroxyl groups excluding tert-OH is 1. The number of rotatable bonds is 5. The van der Waals surface area contributed by atoms with E-state index in [0.29, 0.717) is 5.56 Å². The first-order valence-corrected chi connectivity index (χ1v) is 5.50. The van der Waals surface area contributed by atoms with Gasteiger partial charge in [-0.05, 0) is 24.6 Å². The molecule has 1 rings (SSSR count). The van der Waals surface area contributed by atoms with Gasteiger partial charge in [-0.2, -0.15) is 0 Å². The molecule has 1 unspecified atom stereocenters. The number of carboxylic acids is 1. The molecule has 0 fully saturated rings. The van der Waals surface area contributed by atoms with E-state index >= 15 is 0 Å². The second-order valence-electron chi connectivity index (χ2n) is 3.66. The third-order valence-electron chi connectivity index (χ3n) is 2.15. The first-order chi connectivity index (χ1) is 7.95. The number of aliphatic hydroxyl groups is 1. The van der Waals surface area contributed by atoms with Gasteiger partial charge in [-0.25, -0.2) is 9.18 Å². The quantitative estimate of drug-likeness (QED) is 0.708. The van der Waals surface area contributed by atoms with Crippen molar-refractivity contribution in [3.8, 4) is 0 Å². The van der Waals surface area contributed by atoms with Crippen LogP contribution in [0.4, 0.5) is 10.1 Å². The van der Waals surface area contributed by atoms with Gasteiger partial charge in [-0.15, -0.1) is 11.6 Å². The number of alkyl halides is 1. The van der Waals surface area contributed by atoms with Crippen molar-refractivity contribution in [2.75, 3.05) is 17.7 Å². The zero-order valence-electron chi connectivity index (χ0n) is 9.20. The molecule has 0 heterocycles. The van der Waals surface area contributed by atoms with Crippen molar-refractivity contribution in [3.05, 3.63) is 29.1 Å². The van der Waals surface area contributed by atoms with Gasteiger partial charge < -0.3 is 15.5 Å². The van der Waals surface area contributed by atoms with Gasteiger partial charge in [-0.1, -0.05) is 0 Å². The molecule has 17 heavy (non-hydrogen) atoms. The minimum Gasteiger partial charge on any atom is -0.478 e. The molecule has 0 aromatic heterocycles. The van der Waals surface area contributed by atoms with Gasteiger partial charge in [0.25, 0.3) is 0 Å². The molecule has 0 saturated heterocycles. The summed E-state index contributed by atoms with van der Waals surface area (Å²) < 4.78 is 13.5. The predicted molar refractivity (Wildman–Crippen MR) is 63.3 cm³/mol. The van der Waals surface area contributed by atoms with Crippen LogP contribution >= 0.6 is 11.6 Å². The van der Waals surface area contributed by atoms with Crippen LogP contribution in [0.15, 0.2) is 12.1 Å². The number of aryl methyl sites for hydroxylation is 1. The molecule has 0 aliphatic heterocycles. The number of nitrogens with one attached hydrogen (secondary N) is 1. The topological polar surface area (TPSA) is 69.6 Å². The fourth-order valence-corrected chi connectivity index (χ4v) is 1.49. The number of benzene rings is 1. The minimum atomic E-state index is -1.36. The number of hydrogen-bond donors (Lipinski definition) is 3. The van der Waals surface area contributed by atoms with Gasteiger partial charge >= 0.3 is 5.97 Å². The largest absolute Gasteiger partial charge is 0.478 e. The van der Waals surface area contributed by atoms with Crippen LogP contribution in [0.25, 0.3) is 0 Å². The van der Waals surface area contributed by atoms with E-state index in [1.54, 1.807) is 6.92 Å². The number of aromatic carboxylic acids is 1. The number of carboxylic acid groups (broad SMARTS) is 1. The van der Waals surface area contributed by atoms with Crippen LogP contribution in [0.1, 0.15) is 15.9 Å². The molecular formula is C11H13ClFNO3. The lowest BCUT2D eigenvalue weighted by Crippen LogP contribution is -2.22. The highest BCUT2D eigenvalue weighted by molar-refractivity contribution is 6.18. The Morgan fingerprint density at radius 1 is 1.59 bits per heavy atom. The van der Waals surface area contributed by atoms with E-state index in [9.17, 15) is 14.3 Å². The van der Waals surface area contributed by atoms with E-state index in [4.69, 9.17) is 16.7 Å². The summed E-state index contributed by atoms with van der Waals surface area (Å²) in [5.41, 5.74) is 0.298. The highest BCUT2D eigenvalue weighted by Gasteiger charge is 2.17. The second kappa shape index (κ2) is 5.84. The standard InChI is InChI=1S/C11H13ClFNO3/c1-6-2-8(13)10(11(16)17)9(3-6)14-5-7(15)4-12/h2-3,7,14-15H,4-5H2,1H3,(H,16,17). The van der Waals surface area contributed by atoms with Crippen molar-refractivity contribution in [2.24, 2.45) is 0 Å². The summed E-state index contributed by atoms with van der Waals surface area (Å²) >= 11 is 5.40. The number of hydrogen-bond acceptors (Lipinski definition) is 3. The molecule has 3 N–H and O–H groups in total. The average Bonchev–Trinajstić information content (AvgIpc) is 2.24. The molecule has 0 saturated carbocycles. The maximum atomic E-state index is 13.5. The van der Waals surface area contributed by atoms with Crippen molar-refractivity contribution in [3.63, 3.8) is 0 Å². The first-order valence-electron chi connectivity index (χ1n) is 4.97. The van der Waals surface area contributed by atoms with E-state index in [0.717, 1.165) is 6.07 Å². The molecule has 1 atom stereocenters. The summed E-state index contributed by atoms with van der Waals surface area (Å²) in [6, 6.07) is 2.65. The summed E-state index contributed by atoms with van der Waals surface area (Å²) in [6.45, 7) is 1.71. The second-order valence-corrected chi connectivity index (χ2v) is 3.97. The Morgan fingerprint density at radius 2 is 2.24 bits per heavy atom. The van der Waals surface area contributed by atoms with Gasteiger partial charge in [0.1, 0.15) is 11.4 Å². The maximum Gasteiger partial charge on any atom is 0.340 e. The van der Waals surface area contributed by atoms with E-state index in [2.05, 4.69) is 5.32 Å². The first kappa shape index (κ1) is 13.7. The lowest BCUT2D eigenvalue weighted by Gasteiger charge is -2.13. The fourth-order valence-electron chi connectivity index (χ4n) is 1.38. The fraction of sp³-hybridized carbons (Fsp3) is 0.364. The van der Waals surface area contributed by atoms with Crippen LogP contribution in [0.5, 0.6) is 0 Å². The summed E-state index contributed by atoms with van der Waals surface area (Å²) in [5.74, 6) is -2.14. The molecule has 0 radical (unpaired) electrons. The summed E-state index contributed by atoms with van der Waals surface area (Å²) in [7, 11) is 0. The summed E-state index contributed by atoms with van der Waals surface area (Å²) in [5, 5.41) is 20.8. The number of anilines is 1. The lowest BCUT2D eigenvalue weighted by molar-refractivity contribution is 0.0693. The van der Waals surface area contributed by atoms with Crippen LogP contribution in [0, 0.1) is 12.7 Å². The summed E-state index contributed by atoms with van der Waals surface area (Å²) in [4.78, 5) is 10.9. The van der Waals surface area contributed by atoms with E-state index in [1.807, 2.05) is 0 Å². The lowest BCUT2D eigenvalue weighted by atomic mass is 10.1. The van der Waals surface area contributed by atoms with Crippen LogP contribution < -0.4 is 5.32 Å². The van der Waals surface area contributed by atoms with Crippen LogP contribution in [0.2, 0.25) is 0 Å². The van der Waals surface area contributed by atoms with E-state index in [1.165, 1.54) is 6.07 Å². The summed E-state index contributed by atoms with van der Waals surface area (Å²) in [6.07, 6.45) is -0.818. The van der Waals surface area contributed by atoms with E-state index in [-0.39, 0.29) is 18.1 Å². The molecule has 0 bridgehead atoms. The third kappa shape index (κ3) is 3.57. The maximum absolute atomic E-state index is 13.5. The van der Waals surface area contributed by atoms with Gasteiger partial charge in [0.15, 0.2) is 0 Å². The van der Waals surface area contributed by atoms with Crippen molar-refractivity contribution in [2.45, 2.75) is 13.0 Å². The Labute approximate surface area is 103 Å². The Balaban J connectivity index is 3.00. The zero-order chi connectivity index (χ0) is 13.0. The molecule has 0 spiro atoms. The van der Waals surface area contributed by atoms with Crippen LogP contribution in [0.3, 0.4) is 0 Å². The molecule has 6 heteroatoms. The zero-order valence-corrected chi connectivity index (χ0v) is 9.96. The van der Waals surface area contributed by atoms with E-state index < -0.39 is 23.5 Å². The number of halogens is 2. The molecule has 0 aliphatic rings. The molecule has 1 aromatic carbocycles. The predicted octanol–water partition coefficient (Wildman–Crippen LogP) is 1.84. The van der Waals surface area contributed by atoms with Gasteiger partial charge in [0.2, 0.25) is 0 Å². The smallest absolute Gasteiger partial charge is 0.340 e. The van der Waals surface area contributed by atoms with Gasteiger partial charge in [0, 0.05) is 6.54 Å². The Morgan fingerprint density at radius 3 is 2.76 bits per heavy atom. The normalized spacial score (nSPS) is 12.2. The monoisotopic (exact) mass is 261 g/mol. The Kier molecular flexibility index (Phi) is 4.72. The van der Waals surface area contributed by atoms with Crippen molar-refractivity contribution >= 4 is 23.3 Å². The molecule has 94 valence electrons. The highest BCUT2D eigenvalue weighted by atomic mass is 35.5. The molecular weight excluding hydrogens is 249 g/mol. The number of carbonyl (C=O) groups is 1. The molecule has 0 aliphatic carbocycles. The van der Waals surface area contributed by atoms with Gasteiger partial charge in [-0.3, -0.25) is 0 Å². The average molecular weight is 262 g/mol. The van der Waals surface area contributed by atoms with Crippen molar-refractivity contribution in [1.29, 1.82) is 0 Å². The molecule has 1 aromatic rings. The van der Waals surface area contributed by atoms with Crippen molar-refractivity contribution in [1.82, 2.24) is 0 Å². The Hall–Kier alpha value is -1.33. The molecule has 0 amide bonds. The molecule has 4 nitrogen and oxygen atoms in total. The van der Waals surface area contributed by atoms with Gasteiger partial charge in [0.05, 0.1) is 17.7 Å². The SMILES string of the molecule is Cc1cc(F)c(C(=O)O)c(NCC(O)CCl)c1. The third-order valence-corrected chi connectivity index (χ3v) is 2.51. The van der Waals surface area contributed by atoms with Crippen LogP contribution in [-0.2, 0) is 0 Å². The highest BCUT2D eigenvalue weighted by Crippen LogP contribution is 2.21. The van der Waals surface area contributed by atoms with Crippen LogP contribution in [-0.4, -0.2) is 34.7 Å².